The molecule has 0 saturated carbocycles. The maximum absolute atomic E-state index is 10.8. The molecule has 9 nitrogen and oxygen atoms in total. The third kappa shape index (κ3) is 2.40. The molecule has 1 aromatic rings. The Morgan fingerprint density at radius 2 is 1.78 bits per heavy atom. The highest BCUT2D eigenvalue weighted by Crippen LogP contribution is 2.27. The van der Waals surface area contributed by atoms with E-state index < -0.39 is 33.7 Å². The largest absolute Gasteiger partial charge is 0.478 e. The summed E-state index contributed by atoms with van der Waals surface area (Å²) in [6.45, 7) is 0. The molecule has 94 valence electrons. The summed E-state index contributed by atoms with van der Waals surface area (Å²) in [6, 6.07) is 1.30. The standard InChI is InChI=1S/C9H6N2O7/c12-3-10-6-1-5(9(15)16)7(11(17)18)2-4(6)8(13)14/h1-3H,(H,10,12)(H,13,14)(H,15,16). The number of anilines is 1. The lowest BCUT2D eigenvalue weighted by Crippen LogP contribution is -2.10. The average molecular weight is 254 g/mol. The van der Waals surface area contributed by atoms with Crippen LogP contribution < -0.4 is 5.32 Å². The van der Waals surface area contributed by atoms with E-state index in [0.29, 0.717) is 6.07 Å². The van der Waals surface area contributed by atoms with Crippen molar-refractivity contribution in [1.82, 2.24) is 0 Å². The Bertz CT molecular complexity index is 552. The molecule has 0 aliphatic rings. The van der Waals surface area contributed by atoms with Gasteiger partial charge in [0.25, 0.3) is 5.69 Å². The Kier molecular flexibility index (Phi) is 3.57. The number of carboxylic acid groups (broad SMARTS) is 2. The summed E-state index contributed by atoms with van der Waals surface area (Å²) in [5, 5.41) is 30.2. The summed E-state index contributed by atoms with van der Waals surface area (Å²) in [5.74, 6) is -3.13. The third-order valence-electron chi connectivity index (χ3n) is 2.01. The molecule has 0 spiro atoms. The van der Waals surface area contributed by atoms with E-state index in [1.807, 2.05) is 5.32 Å². The number of nitro groups is 1. The number of aromatic carboxylic acids is 2. The van der Waals surface area contributed by atoms with Gasteiger partial charge in [-0.25, -0.2) is 9.59 Å². The first-order chi connectivity index (χ1) is 8.38. The van der Waals surface area contributed by atoms with Gasteiger partial charge in [-0.05, 0) is 6.07 Å². The molecule has 0 fully saturated rings. The predicted molar refractivity (Wildman–Crippen MR) is 56.7 cm³/mol. The van der Waals surface area contributed by atoms with Gasteiger partial charge in [0, 0.05) is 6.07 Å². The Hall–Kier alpha value is -2.97. The number of hydrogen-bond donors (Lipinski definition) is 3. The van der Waals surface area contributed by atoms with E-state index in [1.165, 1.54) is 0 Å². The molecule has 0 heterocycles. The van der Waals surface area contributed by atoms with Crippen LogP contribution in [-0.2, 0) is 4.79 Å². The quantitative estimate of drug-likeness (QED) is 0.395. The molecule has 0 saturated heterocycles. The van der Waals surface area contributed by atoms with E-state index in [1.54, 1.807) is 0 Å². The first kappa shape index (κ1) is 13.1. The number of rotatable bonds is 5. The minimum absolute atomic E-state index is 0.138. The van der Waals surface area contributed by atoms with Crippen LogP contribution >= 0.6 is 0 Å². The van der Waals surface area contributed by atoms with Gasteiger partial charge in [0.05, 0.1) is 16.2 Å². The summed E-state index contributed by atoms with van der Waals surface area (Å²) in [4.78, 5) is 41.5. The highest BCUT2D eigenvalue weighted by atomic mass is 16.6. The molecule has 0 unspecified atom stereocenters. The second-order valence-electron chi connectivity index (χ2n) is 3.04. The molecule has 0 aromatic heterocycles. The van der Waals surface area contributed by atoms with Crippen LogP contribution in [0, 0.1) is 10.1 Å². The van der Waals surface area contributed by atoms with Crippen molar-refractivity contribution in [3.05, 3.63) is 33.4 Å². The second-order valence-corrected chi connectivity index (χ2v) is 3.04. The van der Waals surface area contributed by atoms with Crippen molar-refractivity contribution < 1.29 is 29.5 Å². The Morgan fingerprint density at radius 3 is 2.17 bits per heavy atom. The number of nitrogens with one attached hydrogen (secondary N) is 1. The van der Waals surface area contributed by atoms with E-state index >= 15 is 0 Å². The molecule has 1 rings (SSSR count). The fraction of sp³-hybridized carbons (Fsp3) is 0. The highest BCUT2D eigenvalue weighted by Gasteiger charge is 2.25. The lowest BCUT2D eigenvalue weighted by molar-refractivity contribution is -0.385. The molecule has 3 N–H and O–H groups in total. The van der Waals surface area contributed by atoms with Crippen molar-refractivity contribution in [2.24, 2.45) is 0 Å². The molecule has 0 bridgehead atoms. The molecular formula is C9H6N2O7. The van der Waals surface area contributed by atoms with Crippen molar-refractivity contribution in [2.75, 3.05) is 5.32 Å². The number of carboxylic acids is 2. The van der Waals surface area contributed by atoms with Crippen molar-refractivity contribution in [3.63, 3.8) is 0 Å². The van der Waals surface area contributed by atoms with Gasteiger partial charge >= 0.3 is 11.9 Å². The molecule has 1 amide bonds. The topological polar surface area (TPSA) is 147 Å². The highest BCUT2D eigenvalue weighted by molar-refractivity contribution is 6.02. The lowest BCUT2D eigenvalue weighted by atomic mass is 10.1. The summed E-state index contributed by atoms with van der Waals surface area (Å²) in [6.07, 6.45) is 0.138. The van der Waals surface area contributed by atoms with E-state index in [4.69, 9.17) is 10.2 Å². The average Bonchev–Trinajstić information content (AvgIpc) is 2.28. The second kappa shape index (κ2) is 4.91. The van der Waals surface area contributed by atoms with Gasteiger partial charge in [0.1, 0.15) is 5.56 Å². The number of nitro benzene ring substituents is 1. The molecule has 0 aliphatic heterocycles. The van der Waals surface area contributed by atoms with Crippen molar-refractivity contribution in [2.45, 2.75) is 0 Å². The van der Waals surface area contributed by atoms with Crippen LogP contribution in [0.4, 0.5) is 11.4 Å². The predicted octanol–water partition coefficient (Wildman–Crippen LogP) is 0.559. The van der Waals surface area contributed by atoms with Crippen LogP contribution in [-0.4, -0.2) is 33.5 Å². The Labute approximate surface area is 98.8 Å². The SMILES string of the molecule is O=CNc1cc(C(=O)O)c([N+](=O)[O-])cc1C(=O)O. The zero-order chi connectivity index (χ0) is 13.9. The Morgan fingerprint density at radius 1 is 1.22 bits per heavy atom. The summed E-state index contributed by atoms with van der Waals surface area (Å²) >= 11 is 0. The maximum atomic E-state index is 10.8. The zero-order valence-corrected chi connectivity index (χ0v) is 8.61. The van der Waals surface area contributed by atoms with Crippen molar-refractivity contribution in [1.29, 1.82) is 0 Å². The molecule has 1 aromatic carbocycles. The molecular weight excluding hydrogens is 248 g/mol. The van der Waals surface area contributed by atoms with Crippen LogP contribution in [0.5, 0.6) is 0 Å². The number of carbonyl (C=O) groups is 3. The van der Waals surface area contributed by atoms with Crippen LogP contribution in [0.1, 0.15) is 20.7 Å². The molecule has 18 heavy (non-hydrogen) atoms. The first-order valence-corrected chi connectivity index (χ1v) is 4.37. The van der Waals surface area contributed by atoms with Gasteiger partial charge in [-0.15, -0.1) is 0 Å². The van der Waals surface area contributed by atoms with Crippen LogP contribution in [0.25, 0.3) is 0 Å². The fourth-order valence-electron chi connectivity index (χ4n) is 1.27. The number of amides is 1. The minimum Gasteiger partial charge on any atom is -0.478 e. The van der Waals surface area contributed by atoms with Crippen LogP contribution in [0.3, 0.4) is 0 Å². The molecule has 0 atom stereocenters. The summed E-state index contributed by atoms with van der Waals surface area (Å²) in [7, 11) is 0. The molecule has 0 radical (unpaired) electrons. The van der Waals surface area contributed by atoms with Gasteiger partial charge in [-0.1, -0.05) is 0 Å². The number of benzene rings is 1. The van der Waals surface area contributed by atoms with E-state index in [2.05, 4.69) is 0 Å². The number of carbonyl (C=O) groups excluding carboxylic acids is 1. The monoisotopic (exact) mass is 254 g/mol. The first-order valence-electron chi connectivity index (χ1n) is 4.37. The fourth-order valence-corrected chi connectivity index (χ4v) is 1.27. The van der Waals surface area contributed by atoms with Gasteiger partial charge in [0.2, 0.25) is 6.41 Å². The maximum Gasteiger partial charge on any atom is 0.342 e. The van der Waals surface area contributed by atoms with Crippen LogP contribution in [0.2, 0.25) is 0 Å². The van der Waals surface area contributed by atoms with Crippen LogP contribution in [0.15, 0.2) is 12.1 Å². The smallest absolute Gasteiger partial charge is 0.342 e. The van der Waals surface area contributed by atoms with Gasteiger partial charge in [-0.3, -0.25) is 14.9 Å². The van der Waals surface area contributed by atoms with E-state index in [-0.39, 0.29) is 12.1 Å². The number of nitrogens with zero attached hydrogens (tertiary/aromatic N) is 1. The summed E-state index contributed by atoms with van der Waals surface area (Å²) < 4.78 is 0. The van der Waals surface area contributed by atoms with Crippen molar-refractivity contribution in [3.8, 4) is 0 Å². The zero-order valence-electron chi connectivity index (χ0n) is 8.61. The number of hydrogen-bond acceptors (Lipinski definition) is 5. The minimum atomic E-state index is -1.60. The molecule has 9 heteroatoms. The van der Waals surface area contributed by atoms with Gasteiger partial charge in [-0.2, -0.15) is 0 Å². The Balaban J connectivity index is 3.59. The van der Waals surface area contributed by atoms with E-state index in [0.717, 1.165) is 6.07 Å². The van der Waals surface area contributed by atoms with Gasteiger partial charge in [0.15, 0.2) is 0 Å². The van der Waals surface area contributed by atoms with Gasteiger partial charge < -0.3 is 15.5 Å². The van der Waals surface area contributed by atoms with E-state index in [9.17, 15) is 24.5 Å². The normalized spacial score (nSPS) is 9.56. The lowest BCUT2D eigenvalue weighted by Gasteiger charge is -2.06. The third-order valence-corrected chi connectivity index (χ3v) is 2.01. The summed E-state index contributed by atoms with van der Waals surface area (Å²) in [5.41, 5.74) is -2.48. The molecule has 0 aliphatic carbocycles. The van der Waals surface area contributed by atoms with Crippen molar-refractivity contribution >= 4 is 29.7 Å².